The second-order valence-electron chi connectivity index (χ2n) is 19.9. The van der Waals surface area contributed by atoms with Crippen LogP contribution < -0.4 is 9.80 Å². The van der Waals surface area contributed by atoms with Crippen LogP contribution in [-0.2, 0) is 13.1 Å². The summed E-state index contributed by atoms with van der Waals surface area (Å²) in [5.41, 5.74) is 17.2. The lowest BCUT2D eigenvalue weighted by Crippen LogP contribution is -2.09. The van der Waals surface area contributed by atoms with Crippen molar-refractivity contribution >= 4 is 143 Å². The van der Waals surface area contributed by atoms with Crippen LogP contribution in [0.4, 0.5) is 34.1 Å². The summed E-state index contributed by atoms with van der Waals surface area (Å²) in [6.45, 7) is 10.6. The third-order valence-electron chi connectivity index (χ3n) is 15.9. The van der Waals surface area contributed by atoms with E-state index < -0.39 is 0 Å². The number of rotatable bonds is 8. The Morgan fingerprint density at radius 1 is 0.324 bits per heavy atom. The second-order valence-corrected chi connectivity index (χ2v) is 19.9. The predicted molar refractivity (Wildman–Crippen MR) is 312 cm³/mol. The first-order chi connectivity index (χ1) is 36.4. The van der Waals surface area contributed by atoms with E-state index in [1.54, 1.807) is 0 Å². The number of furan rings is 2. The van der Waals surface area contributed by atoms with Gasteiger partial charge in [-0.15, -0.1) is 0 Å². The standard InChI is InChI=1S/C68H50N4O2/c1-5-69-59-23-15-13-21-53(59)55-39-51(29-31-61(55)69)71(47-17-9-7-10-18-47)49-27-25-43-35-57-63(37-45(43)33-49)73-67-42(4)68-66(41(3)65(57)67)58-36-44-26-28-50(34-46(44)38-64(58)74-68)72(48-19-11-8-12-20-48)52-30-32-62-56(40-52)54-22-14-16-24-60(54)70(62)6-2/h7-40H,5-6H2,1-4H3. The minimum Gasteiger partial charge on any atom is -0.456 e. The van der Waals surface area contributed by atoms with E-state index in [4.69, 9.17) is 8.83 Å². The molecule has 6 nitrogen and oxygen atoms in total. The highest BCUT2D eigenvalue weighted by atomic mass is 16.3. The summed E-state index contributed by atoms with van der Waals surface area (Å²) < 4.78 is 18.7. The van der Waals surface area contributed by atoms with Gasteiger partial charge in [0, 0.05) is 118 Å². The van der Waals surface area contributed by atoms with Gasteiger partial charge in [0.05, 0.1) is 0 Å². The van der Waals surface area contributed by atoms with Crippen LogP contribution in [0.25, 0.3) is 109 Å². The Bertz CT molecular complexity index is 4480. The fourth-order valence-electron chi connectivity index (χ4n) is 12.5. The monoisotopic (exact) mass is 954 g/mol. The molecular formula is C68H50N4O2. The van der Waals surface area contributed by atoms with Crippen LogP contribution in [0.5, 0.6) is 0 Å². The number of aromatic nitrogens is 2. The quantitative estimate of drug-likeness (QED) is 0.152. The number of anilines is 6. The number of benzene rings is 11. The van der Waals surface area contributed by atoms with Crippen LogP contribution in [0, 0.1) is 13.8 Å². The number of fused-ring (bicyclic) bond motifs is 14. The van der Waals surface area contributed by atoms with Crippen LogP contribution in [0.1, 0.15) is 25.0 Å². The van der Waals surface area contributed by atoms with Crippen LogP contribution in [0.15, 0.2) is 215 Å². The van der Waals surface area contributed by atoms with E-state index in [1.165, 1.54) is 43.6 Å². The van der Waals surface area contributed by atoms with Gasteiger partial charge in [0.1, 0.15) is 22.3 Å². The first kappa shape index (κ1) is 42.4. The molecule has 0 aliphatic heterocycles. The summed E-state index contributed by atoms with van der Waals surface area (Å²) in [6, 6.07) is 75.3. The topological polar surface area (TPSA) is 42.6 Å². The summed E-state index contributed by atoms with van der Waals surface area (Å²) in [5.74, 6) is 0. The Hall–Kier alpha value is -9.26. The Morgan fingerprint density at radius 2 is 0.716 bits per heavy atom. The summed E-state index contributed by atoms with van der Waals surface area (Å²) in [7, 11) is 0. The van der Waals surface area contributed by atoms with Crippen molar-refractivity contribution in [1.82, 2.24) is 9.13 Å². The van der Waals surface area contributed by atoms with Crippen molar-refractivity contribution < 1.29 is 8.83 Å². The lowest BCUT2D eigenvalue weighted by atomic mass is 9.96. The minimum absolute atomic E-state index is 0.865. The van der Waals surface area contributed by atoms with Crippen molar-refractivity contribution in [3.8, 4) is 0 Å². The van der Waals surface area contributed by atoms with Gasteiger partial charge in [-0.25, -0.2) is 0 Å². The smallest absolute Gasteiger partial charge is 0.142 e. The van der Waals surface area contributed by atoms with Gasteiger partial charge in [0.15, 0.2) is 0 Å². The fourth-order valence-corrected chi connectivity index (χ4v) is 12.5. The first-order valence-electron chi connectivity index (χ1n) is 25.8. The molecule has 0 atom stereocenters. The van der Waals surface area contributed by atoms with Crippen LogP contribution >= 0.6 is 0 Å². The van der Waals surface area contributed by atoms with Crippen molar-refractivity contribution in [1.29, 1.82) is 0 Å². The second kappa shape index (κ2) is 16.1. The van der Waals surface area contributed by atoms with Crippen LogP contribution in [-0.4, -0.2) is 9.13 Å². The van der Waals surface area contributed by atoms with E-state index in [0.29, 0.717) is 0 Å². The minimum atomic E-state index is 0.865. The summed E-state index contributed by atoms with van der Waals surface area (Å²) >= 11 is 0. The number of para-hydroxylation sites is 4. The molecule has 354 valence electrons. The third kappa shape index (κ3) is 6.18. The number of hydrogen-bond donors (Lipinski definition) is 0. The van der Waals surface area contributed by atoms with E-state index in [9.17, 15) is 0 Å². The molecule has 15 rings (SSSR count). The van der Waals surface area contributed by atoms with Gasteiger partial charge < -0.3 is 27.8 Å². The van der Waals surface area contributed by atoms with Gasteiger partial charge >= 0.3 is 0 Å². The molecule has 74 heavy (non-hydrogen) atoms. The highest BCUT2D eigenvalue weighted by molar-refractivity contribution is 6.22. The molecule has 6 heteroatoms. The maximum atomic E-state index is 6.93. The zero-order chi connectivity index (χ0) is 49.3. The lowest BCUT2D eigenvalue weighted by Gasteiger charge is -2.26. The zero-order valence-corrected chi connectivity index (χ0v) is 41.6. The van der Waals surface area contributed by atoms with Gasteiger partial charge in [-0.2, -0.15) is 0 Å². The summed E-state index contributed by atoms with van der Waals surface area (Å²) in [6.07, 6.45) is 0. The molecule has 0 saturated carbocycles. The van der Waals surface area contributed by atoms with Crippen molar-refractivity contribution in [3.63, 3.8) is 0 Å². The highest BCUT2D eigenvalue weighted by Crippen LogP contribution is 2.47. The molecular weight excluding hydrogens is 905 g/mol. The lowest BCUT2D eigenvalue weighted by molar-refractivity contribution is 0.651. The molecule has 0 radical (unpaired) electrons. The fraction of sp³-hybridized carbons (Fsp3) is 0.0882. The van der Waals surface area contributed by atoms with Gasteiger partial charge in [0.2, 0.25) is 0 Å². The van der Waals surface area contributed by atoms with E-state index >= 15 is 0 Å². The van der Waals surface area contributed by atoms with Gasteiger partial charge in [0.25, 0.3) is 0 Å². The molecule has 0 aliphatic carbocycles. The molecule has 0 aliphatic rings. The molecule has 15 aromatic rings. The van der Waals surface area contributed by atoms with Crippen molar-refractivity contribution in [2.75, 3.05) is 9.80 Å². The molecule has 4 heterocycles. The predicted octanol–water partition coefficient (Wildman–Crippen LogP) is 19.6. The Kier molecular flexibility index (Phi) is 9.24. The van der Waals surface area contributed by atoms with E-state index in [2.05, 4.69) is 253 Å². The zero-order valence-electron chi connectivity index (χ0n) is 41.6. The van der Waals surface area contributed by atoms with Gasteiger partial charge in [-0.3, -0.25) is 0 Å². The maximum absolute atomic E-state index is 6.93. The SMILES string of the molecule is CCn1c2ccccc2c2cc(N(c3ccccc3)c3ccc4cc5c(cc4c3)oc3c(C)c4oc6cc7cc(N(c8ccccc8)c8ccc9c(c8)c8ccccc8n9CC)ccc7cc6c4c(C)c35)ccc21. The van der Waals surface area contributed by atoms with Crippen molar-refractivity contribution in [2.45, 2.75) is 40.8 Å². The molecule has 0 bridgehead atoms. The Morgan fingerprint density at radius 3 is 1.16 bits per heavy atom. The Labute approximate surface area is 427 Å². The number of aryl methyl sites for hydroxylation is 4. The van der Waals surface area contributed by atoms with E-state index in [0.717, 1.165) is 124 Å². The number of hydrogen-bond acceptors (Lipinski definition) is 4. The molecule has 4 aromatic heterocycles. The van der Waals surface area contributed by atoms with E-state index in [-0.39, 0.29) is 0 Å². The molecule has 0 fully saturated rings. The van der Waals surface area contributed by atoms with Crippen molar-refractivity contribution in [2.24, 2.45) is 0 Å². The Balaban J connectivity index is 0.841. The maximum Gasteiger partial charge on any atom is 0.142 e. The average Bonchev–Trinajstić information content (AvgIpc) is 4.21. The normalized spacial score (nSPS) is 12.2. The molecule has 0 unspecified atom stereocenters. The summed E-state index contributed by atoms with van der Waals surface area (Å²) in [5, 5.41) is 14.1. The average molecular weight is 955 g/mol. The first-order valence-corrected chi connectivity index (χ1v) is 25.8. The molecule has 0 spiro atoms. The van der Waals surface area contributed by atoms with Crippen LogP contribution in [0.2, 0.25) is 0 Å². The van der Waals surface area contributed by atoms with E-state index in [1.807, 2.05) is 0 Å². The molecule has 0 saturated heterocycles. The number of nitrogens with zero attached hydrogens (tertiary/aromatic N) is 4. The molecule has 0 N–H and O–H groups in total. The highest BCUT2D eigenvalue weighted by Gasteiger charge is 2.24. The van der Waals surface area contributed by atoms with Gasteiger partial charge in [-0.1, -0.05) is 84.9 Å². The van der Waals surface area contributed by atoms with Crippen LogP contribution in [0.3, 0.4) is 0 Å². The third-order valence-corrected chi connectivity index (χ3v) is 15.9. The molecule has 11 aromatic carbocycles. The van der Waals surface area contributed by atoms with Crippen molar-refractivity contribution in [3.05, 3.63) is 217 Å². The van der Waals surface area contributed by atoms with Gasteiger partial charge in [-0.05, 0) is 176 Å². The summed E-state index contributed by atoms with van der Waals surface area (Å²) in [4.78, 5) is 4.73. The largest absolute Gasteiger partial charge is 0.456 e. The molecule has 0 amide bonds.